The first-order valence-corrected chi connectivity index (χ1v) is 19.2. The number of aliphatic hydroxyl groups excluding tert-OH is 1. The van der Waals surface area contributed by atoms with Gasteiger partial charge in [-0.25, -0.2) is 20.2 Å². The molecule has 3 amide bonds. The molecule has 0 aromatic heterocycles. The van der Waals surface area contributed by atoms with Gasteiger partial charge in [0, 0.05) is 24.3 Å². The highest BCUT2D eigenvalue weighted by Gasteiger charge is 2.30. The van der Waals surface area contributed by atoms with Gasteiger partial charge in [-0.3, -0.25) is 9.59 Å². The quantitative estimate of drug-likeness (QED) is 0.0184. The highest BCUT2D eigenvalue weighted by Crippen LogP contribution is 2.33. The Morgan fingerprint density at radius 2 is 1.15 bits per heavy atom. The minimum Gasteiger partial charge on any atom is -0.508 e. The number of nitrogens with zero attached hydrogens (tertiary/aromatic N) is 5. The zero-order valence-corrected chi connectivity index (χ0v) is 34.5. The molecule has 0 aliphatic rings. The minimum atomic E-state index is -1.15. The van der Waals surface area contributed by atoms with Crippen molar-refractivity contribution in [1.82, 2.24) is 10.3 Å². The topological polar surface area (TPSA) is 286 Å². The van der Waals surface area contributed by atoms with Crippen LogP contribution in [-0.2, 0) is 14.3 Å². The normalized spacial score (nSPS) is 12.2. The molecule has 4 aromatic carbocycles. The summed E-state index contributed by atoms with van der Waals surface area (Å²) in [5.74, 6) is 0.527. The highest BCUT2D eigenvalue weighted by atomic mass is 16.6. The molecule has 0 radical (unpaired) electrons. The Kier molecular flexibility index (Phi) is 18.2. The third-order valence-corrected chi connectivity index (χ3v) is 8.75. The molecule has 61 heavy (non-hydrogen) atoms. The number of amides is 3. The van der Waals surface area contributed by atoms with Crippen molar-refractivity contribution in [2.45, 2.75) is 77.7 Å². The van der Waals surface area contributed by atoms with Crippen molar-refractivity contribution >= 4 is 52.6 Å². The number of azo groups is 2. The Morgan fingerprint density at radius 3 is 1.61 bits per heavy atom. The Hall–Kier alpha value is -7.05. The SMILES string of the molecule is CC(C(=O)N(N)C(=O)OC(C)(C)C)c1cc(N=Nc2ccccc2C(=O)O)ccc1O.CC(C(=O)NCCCCCCO)c1cc(N=Nc2ccccc2C(=O)O)ccc1O. The minimum absolute atomic E-state index is 0.0227. The summed E-state index contributed by atoms with van der Waals surface area (Å²) >= 11 is 0. The fourth-order valence-corrected chi connectivity index (χ4v) is 5.45. The van der Waals surface area contributed by atoms with Crippen LogP contribution in [0.25, 0.3) is 0 Å². The summed E-state index contributed by atoms with van der Waals surface area (Å²) in [5.41, 5.74) is 0.755. The van der Waals surface area contributed by atoms with Crippen LogP contribution in [0.4, 0.5) is 27.5 Å². The summed E-state index contributed by atoms with van der Waals surface area (Å²) in [6.45, 7) is 8.76. The fourth-order valence-electron chi connectivity index (χ4n) is 5.45. The van der Waals surface area contributed by atoms with Crippen molar-refractivity contribution in [2.75, 3.05) is 13.2 Å². The summed E-state index contributed by atoms with van der Waals surface area (Å²) in [4.78, 5) is 59.6. The molecule has 0 aliphatic heterocycles. The number of hydrogen-bond acceptors (Lipinski definition) is 14. The first kappa shape index (κ1) is 48.3. The zero-order valence-electron chi connectivity index (χ0n) is 34.5. The lowest BCUT2D eigenvalue weighted by Crippen LogP contribution is -2.47. The third kappa shape index (κ3) is 14.9. The van der Waals surface area contributed by atoms with Crippen LogP contribution < -0.4 is 11.2 Å². The van der Waals surface area contributed by atoms with Crippen LogP contribution in [0.15, 0.2) is 105 Å². The van der Waals surface area contributed by atoms with Crippen LogP contribution in [0.3, 0.4) is 0 Å². The first-order chi connectivity index (χ1) is 28.8. The van der Waals surface area contributed by atoms with Crippen molar-refractivity contribution in [2.24, 2.45) is 26.3 Å². The molecule has 0 aliphatic carbocycles. The van der Waals surface area contributed by atoms with Crippen LogP contribution in [0, 0.1) is 0 Å². The average Bonchev–Trinajstić information content (AvgIpc) is 3.22. The number of hydrogen-bond donors (Lipinski definition) is 7. The van der Waals surface area contributed by atoms with Gasteiger partial charge in [0.25, 0.3) is 5.91 Å². The van der Waals surface area contributed by atoms with E-state index in [0.717, 1.165) is 25.7 Å². The van der Waals surface area contributed by atoms with Gasteiger partial charge >= 0.3 is 18.0 Å². The molecule has 8 N–H and O–H groups in total. The number of unbranched alkanes of at least 4 members (excludes halogenated alkanes) is 3. The number of carboxylic acids is 2. The molecule has 0 saturated heterocycles. The molecule has 4 rings (SSSR count). The lowest BCUT2D eigenvalue weighted by Gasteiger charge is -2.25. The van der Waals surface area contributed by atoms with E-state index in [1.165, 1.54) is 55.5 Å². The number of aliphatic hydroxyl groups is 1. The van der Waals surface area contributed by atoms with Gasteiger partial charge in [-0.2, -0.15) is 15.2 Å². The Balaban J connectivity index is 0.000000325. The van der Waals surface area contributed by atoms with E-state index in [9.17, 15) is 44.4 Å². The summed E-state index contributed by atoms with van der Waals surface area (Å²) in [7, 11) is 0. The number of hydrazine groups is 1. The largest absolute Gasteiger partial charge is 0.508 e. The molecule has 0 saturated carbocycles. The number of carbonyl (C=O) groups is 5. The molecule has 2 unspecified atom stereocenters. The van der Waals surface area contributed by atoms with Crippen molar-refractivity contribution in [3.8, 4) is 11.5 Å². The number of ether oxygens (including phenoxy) is 1. The van der Waals surface area contributed by atoms with Gasteiger partial charge in [0.1, 0.15) is 28.5 Å². The predicted molar refractivity (Wildman–Crippen MR) is 224 cm³/mol. The molecular weight excluding hydrogens is 791 g/mol. The van der Waals surface area contributed by atoms with E-state index >= 15 is 0 Å². The van der Waals surface area contributed by atoms with Gasteiger partial charge in [-0.05, 0) is 108 Å². The van der Waals surface area contributed by atoms with Crippen LogP contribution >= 0.6 is 0 Å². The third-order valence-electron chi connectivity index (χ3n) is 8.75. The molecule has 0 spiro atoms. The van der Waals surface area contributed by atoms with Crippen LogP contribution in [0.1, 0.15) is 104 Å². The number of rotatable bonds is 16. The van der Waals surface area contributed by atoms with Crippen molar-refractivity contribution in [1.29, 1.82) is 0 Å². The van der Waals surface area contributed by atoms with E-state index in [1.54, 1.807) is 64.1 Å². The molecule has 0 fully saturated rings. The molecular formula is C43H51N7O11. The van der Waals surface area contributed by atoms with Gasteiger partial charge < -0.3 is 35.6 Å². The van der Waals surface area contributed by atoms with Crippen LogP contribution in [0.2, 0.25) is 0 Å². The summed E-state index contributed by atoms with van der Waals surface area (Å²) < 4.78 is 5.08. The Morgan fingerprint density at radius 1 is 0.689 bits per heavy atom. The van der Waals surface area contributed by atoms with E-state index in [4.69, 9.17) is 15.7 Å². The van der Waals surface area contributed by atoms with Gasteiger partial charge in [-0.1, -0.05) is 37.1 Å². The van der Waals surface area contributed by atoms with Crippen molar-refractivity contribution < 1.29 is 54.2 Å². The van der Waals surface area contributed by atoms with Crippen LogP contribution in [0.5, 0.6) is 11.5 Å². The number of carboxylic acid groups (broad SMARTS) is 2. The van der Waals surface area contributed by atoms with Crippen molar-refractivity contribution in [3.63, 3.8) is 0 Å². The number of carbonyl (C=O) groups excluding carboxylic acids is 3. The number of aromatic hydroxyl groups is 2. The van der Waals surface area contributed by atoms with E-state index in [-0.39, 0.29) is 57.8 Å². The summed E-state index contributed by atoms with van der Waals surface area (Å²) in [6, 6.07) is 21.0. The zero-order chi connectivity index (χ0) is 45.3. The van der Waals surface area contributed by atoms with E-state index < -0.39 is 41.4 Å². The van der Waals surface area contributed by atoms with Gasteiger partial charge in [0.15, 0.2) is 0 Å². The molecule has 0 heterocycles. The second-order valence-corrected chi connectivity index (χ2v) is 14.6. The maximum atomic E-state index is 12.6. The number of imide groups is 1. The van der Waals surface area contributed by atoms with Crippen LogP contribution in [-0.4, -0.2) is 79.1 Å². The molecule has 324 valence electrons. The second-order valence-electron chi connectivity index (χ2n) is 14.6. The standard InChI is InChI=1S/C22H27N3O5.C21H24N4O6/c1-15(21(28)23-12-6-2-3-7-13-26)18-14-16(10-11-20(18)27)24-25-19-9-5-4-8-17(19)22(29)30;1-12(18(27)25(22)20(30)31-21(2,3)4)15-11-13(9-10-17(15)26)23-24-16-8-6-5-7-14(16)19(28)29/h4-5,8-11,14-15,26-27H,2-3,6-7,12-13H2,1H3,(H,23,28)(H,29,30);5-12,26H,22H2,1-4H3,(H,28,29). The Labute approximate surface area is 352 Å². The number of phenols is 2. The Bertz CT molecular complexity index is 2240. The molecule has 0 bridgehead atoms. The number of aromatic carboxylic acids is 2. The van der Waals surface area contributed by atoms with Crippen molar-refractivity contribution in [3.05, 3.63) is 107 Å². The van der Waals surface area contributed by atoms with Gasteiger partial charge in [-0.15, -0.1) is 10.2 Å². The predicted octanol–water partition coefficient (Wildman–Crippen LogP) is 8.52. The molecule has 18 nitrogen and oxygen atoms in total. The average molecular weight is 842 g/mol. The number of nitrogens with one attached hydrogen (secondary N) is 1. The van der Waals surface area contributed by atoms with E-state index in [1.807, 2.05) is 0 Å². The number of phenolic OH excluding ortho intramolecular Hbond substituents is 2. The maximum Gasteiger partial charge on any atom is 0.431 e. The molecule has 4 aromatic rings. The fraction of sp³-hybridized carbons (Fsp3) is 0.326. The monoisotopic (exact) mass is 841 g/mol. The summed E-state index contributed by atoms with van der Waals surface area (Å²) in [5, 5.41) is 66.8. The smallest absolute Gasteiger partial charge is 0.431 e. The highest BCUT2D eigenvalue weighted by molar-refractivity contribution is 5.96. The lowest BCUT2D eigenvalue weighted by atomic mass is 9.98. The number of benzene rings is 4. The molecule has 18 heteroatoms. The van der Waals surface area contributed by atoms with Gasteiger partial charge in [0.2, 0.25) is 5.91 Å². The lowest BCUT2D eigenvalue weighted by molar-refractivity contribution is -0.132. The first-order valence-electron chi connectivity index (χ1n) is 19.2. The van der Waals surface area contributed by atoms with E-state index in [2.05, 4.69) is 25.8 Å². The maximum absolute atomic E-state index is 12.6. The van der Waals surface area contributed by atoms with E-state index in [0.29, 0.717) is 22.8 Å². The number of nitrogens with two attached hydrogens (primary N) is 1. The summed E-state index contributed by atoms with van der Waals surface area (Å²) in [6.07, 6.45) is 2.40. The molecule has 2 atom stereocenters. The van der Waals surface area contributed by atoms with Gasteiger partial charge in [0.05, 0.1) is 34.3 Å². The second kappa shape index (κ2) is 22.9.